The van der Waals surface area contributed by atoms with Crippen LogP contribution in [0.3, 0.4) is 0 Å². The number of carbonyl (C=O) groups excluding carboxylic acids is 1. The van der Waals surface area contributed by atoms with Crippen LogP contribution in [0.1, 0.15) is 28.8 Å². The molecule has 0 unspecified atom stereocenters. The number of nitrogens with zero attached hydrogens (tertiary/aromatic N) is 3. The van der Waals surface area contributed by atoms with E-state index in [1.165, 1.54) is 5.56 Å². The molecule has 2 heterocycles. The zero-order chi connectivity index (χ0) is 17.8. The van der Waals surface area contributed by atoms with Gasteiger partial charge in [-0.3, -0.25) is 14.7 Å². The van der Waals surface area contributed by atoms with Crippen molar-refractivity contribution in [2.24, 2.45) is 10.9 Å². The van der Waals surface area contributed by atoms with Crippen molar-refractivity contribution in [3.05, 3.63) is 71.8 Å². The lowest BCUT2D eigenvalue weighted by Crippen LogP contribution is -2.48. The minimum Gasteiger partial charge on any atom is -0.342 e. The zero-order valence-electron chi connectivity index (χ0n) is 15.1. The smallest absolute Gasteiger partial charge is 0.260 e. The van der Waals surface area contributed by atoms with E-state index in [9.17, 15) is 4.79 Å². The second-order valence-electron chi connectivity index (χ2n) is 7.12. The SMILES string of the molecule is O=C(c1ccccc1)N1CCN=C1N1CCC(Cc2ccccc2)CC1. The summed E-state index contributed by atoms with van der Waals surface area (Å²) in [5.74, 6) is 1.65. The highest BCUT2D eigenvalue weighted by Crippen LogP contribution is 2.24. The molecule has 134 valence electrons. The summed E-state index contributed by atoms with van der Waals surface area (Å²) < 4.78 is 0. The van der Waals surface area contributed by atoms with E-state index >= 15 is 0 Å². The second-order valence-corrected chi connectivity index (χ2v) is 7.12. The largest absolute Gasteiger partial charge is 0.342 e. The number of hydrogen-bond donors (Lipinski definition) is 0. The number of guanidine groups is 1. The van der Waals surface area contributed by atoms with E-state index in [1.54, 1.807) is 0 Å². The van der Waals surface area contributed by atoms with Gasteiger partial charge in [0.25, 0.3) is 5.91 Å². The molecule has 0 atom stereocenters. The maximum atomic E-state index is 12.8. The van der Waals surface area contributed by atoms with Gasteiger partial charge in [-0.15, -0.1) is 0 Å². The highest BCUT2D eigenvalue weighted by molar-refractivity contribution is 6.06. The minimum atomic E-state index is 0.0632. The van der Waals surface area contributed by atoms with Crippen LogP contribution in [0, 0.1) is 5.92 Å². The first-order valence-corrected chi connectivity index (χ1v) is 9.51. The van der Waals surface area contributed by atoms with Crippen molar-refractivity contribution in [2.45, 2.75) is 19.3 Å². The lowest BCUT2D eigenvalue weighted by Gasteiger charge is -2.36. The van der Waals surface area contributed by atoms with Crippen molar-refractivity contribution in [3.63, 3.8) is 0 Å². The number of amides is 1. The van der Waals surface area contributed by atoms with Gasteiger partial charge in [0, 0.05) is 25.2 Å². The number of carbonyl (C=O) groups is 1. The molecule has 1 fully saturated rings. The Kier molecular flexibility index (Phi) is 5.00. The summed E-state index contributed by atoms with van der Waals surface area (Å²) in [6.07, 6.45) is 3.45. The summed E-state index contributed by atoms with van der Waals surface area (Å²) in [5.41, 5.74) is 2.16. The normalized spacial score (nSPS) is 18.1. The molecule has 0 saturated carbocycles. The van der Waals surface area contributed by atoms with Crippen LogP contribution in [0.5, 0.6) is 0 Å². The molecule has 0 spiro atoms. The molecule has 0 N–H and O–H groups in total. The highest BCUT2D eigenvalue weighted by Gasteiger charge is 2.31. The van der Waals surface area contributed by atoms with E-state index in [-0.39, 0.29) is 5.91 Å². The lowest BCUT2D eigenvalue weighted by molar-refractivity contribution is 0.0839. The van der Waals surface area contributed by atoms with Gasteiger partial charge in [-0.05, 0) is 42.9 Å². The first kappa shape index (κ1) is 16.8. The zero-order valence-corrected chi connectivity index (χ0v) is 15.1. The van der Waals surface area contributed by atoms with Crippen LogP contribution in [0.4, 0.5) is 0 Å². The van der Waals surface area contributed by atoms with Crippen LogP contribution in [0.15, 0.2) is 65.7 Å². The summed E-state index contributed by atoms with van der Waals surface area (Å²) in [5, 5.41) is 0. The van der Waals surface area contributed by atoms with Gasteiger partial charge in [0.2, 0.25) is 5.96 Å². The van der Waals surface area contributed by atoms with Gasteiger partial charge in [-0.2, -0.15) is 0 Å². The maximum Gasteiger partial charge on any atom is 0.260 e. The minimum absolute atomic E-state index is 0.0632. The molecule has 1 saturated heterocycles. The molecular formula is C22H25N3O. The Labute approximate surface area is 155 Å². The fraction of sp³-hybridized carbons (Fsp3) is 0.364. The number of benzene rings is 2. The molecule has 4 heteroatoms. The molecule has 4 rings (SSSR count). The topological polar surface area (TPSA) is 35.9 Å². The Morgan fingerprint density at radius 2 is 1.58 bits per heavy atom. The van der Waals surface area contributed by atoms with Crippen LogP contribution < -0.4 is 0 Å². The number of rotatable bonds is 3. The summed E-state index contributed by atoms with van der Waals surface area (Å²) in [7, 11) is 0. The molecule has 0 aliphatic carbocycles. The van der Waals surface area contributed by atoms with Gasteiger partial charge in [0.1, 0.15) is 0 Å². The lowest BCUT2D eigenvalue weighted by atomic mass is 9.90. The number of aliphatic imine (C=N–C) groups is 1. The van der Waals surface area contributed by atoms with Crippen LogP contribution in [0.25, 0.3) is 0 Å². The van der Waals surface area contributed by atoms with Crippen molar-refractivity contribution >= 4 is 11.9 Å². The first-order chi connectivity index (χ1) is 12.8. The molecule has 0 aromatic heterocycles. The van der Waals surface area contributed by atoms with Crippen molar-refractivity contribution in [1.82, 2.24) is 9.80 Å². The Hall–Kier alpha value is -2.62. The molecule has 2 aliphatic rings. The second kappa shape index (κ2) is 7.73. The molecule has 1 amide bonds. The number of hydrogen-bond acceptors (Lipinski definition) is 3. The third-order valence-corrected chi connectivity index (χ3v) is 5.35. The molecule has 26 heavy (non-hydrogen) atoms. The predicted octanol–water partition coefficient (Wildman–Crippen LogP) is 3.45. The summed E-state index contributed by atoms with van der Waals surface area (Å²) >= 11 is 0. The van der Waals surface area contributed by atoms with Crippen LogP contribution >= 0.6 is 0 Å². The standard InChI is InChI=1S/C22H25N3O/c26-21(20-9-5-2-6-10-20)25-16-13-23-22(25)24-14-11-19(12-15-24)17-18-7-3-1-4-8-18/h1-10,19H,11-17H2. The van der Waals surface area contributed by atoms with Gasteiger partial charge in [0.15, 0.2) is 0 Å². The van der Waals surface area contributed by atoms with E-state index in [0.29, 0.717) is 19.0 Å². The Morgan fingerprint density at radius 1 is 0.923 bits per heavy atom. The van der Waals surface area contributed by atoms with Crippen molar-refractivity contribution in [2.75, 3.05) is 26.2 Å². The predicted molar refractivity (Wildman–Crippen MR) is 104 cm³/mol. The number of likely N-dealkylation sites (tertiary alicyclic amines) is 1. The highest BCUT2D eigenvalue weighted by atomic mass is 16.2. The molecular weight excluding hydrogens is 322 g/mol. The van der Waals surface area contributed by atoms with Gasteiger partial charge >= 0.3 is 0 Å². The Bertz CT molecular complexity index is 764. The van der Waals surface area contributed by atoms with Crippen molar-refractivity contribution in [1.29, 1.82) is 0 Å². The summed E-state index contributed by atoms with van der Waals surface area (Å²) in [4.78, 5) is 21.6. The Balaban J connectivity index is 1.37. The first-order valence-electron chi connectivity index (χ1n) is 9.51. The third kappa shape index (κ3) is 3.64. The monoisotopic (exact) mass is 347 g/mol. The fourth-order valence-corrected chi connectivity index (χ4v) is 3.92. The molecule has 2 aliphatic heterocycles. The third-order valence-electron chi connectivity index (χ3n) is 5.35. The molecule has 2 aromatic rings. The summed E-state index contributed by atoms with van der Waals surface area (Å²) in [6, 6.07) is 20.3. The molecule has 4 nitrogen and oxygen atoms in total. The quantitative estimate of drug-likeness (QED) is 0.852. The molecule has 0 radical (unpaired) electrons. The van der Waals surface area contributed by atoms with Gasteiger partial charge < -0.3 is 4.90 Å². The van der Waals surface area contributed by atoms with Gasteiger partial charge in [-0.25, -0.2) is 0 Å². The van der Waals surface area contributed by atoms with E-state index < -0.39 is 0 Å². The molecule has 0 bridgehead atoms. The van der Waals surface area contributed by atoms with E-state index in [0.717, 1.165) is 43.9 Å². The van der Waals surface area contributed by atoms with Gasteiger partial charge in [0.05, 0.1) is 6.54 Å². The summed E-state index contributed by atoms with van der Waals surface area (Å²) in [6.45, 7) is 3.36. The average molecular weight is 347 g/mol. The van der Waals surface area contributed by atoms with Crippen molar-refractivity contribution in [3.8, 4) is 0 Å². The van der Waals surface area contributed by atoms with E-state index in [2.05, 4.69) is 40.2 Å². The van der Waals surface area contributed by atoms with Crippen LogP contribution in [-0.4, -0.2) is 47.8 Å². The van der Waals surface area contributed by atoms with Gasteiger partial charge in [-0.1, -0.05) is 48.5 Å². The fourth-order valence-electron chi connectivity index (χ4n) is 3.92. The molecule has 2 aromatic carbocycles. The Morgan fingerprint density at radius 3 is 2.27 bits per heavy atom. The van der Waals surface area contributed by atoms with Crippen LogP contribution in [-0.2, 0) is 6.42 Å². The number of piperidine rings is 1. The average Bonchev–Trinajstić information content (AvgIpc) is 3.19. The van der Waals surface area contributed by atoms with E-state index in [1.807, 2.05) is 35.2 Å². The maximum absolute atomic E-state index is 12.8. The van der Waals surface area contributed by atoms with Crippen molar-refractivity contribution < 1.29 is 4.79 Å². The van der Waals surface area contributed by atoms with E-state index in [4.69, 9.17) is 0 Å². The van der Waals surface area contributed by atoms with Crippen LogP contribution in [0.2, 0.25) is 0 Å².